The number of unbranched alkanes of at least 4 members (excludes halogenated alkanes) is 5. The first kappa shape index (κ1) is 38.2. The molecule has 0 heterocycles. The molecule has 47 heavy (non-hydrogen) atoms. The molecule has 0 amide bonds. The van der Waals surface area contributed by atoms with Crippen LogP contribution in [0.2, 0.25) is 0 Å². The molecule has 0 N–H and O–H groups in total. The molecule has 4 aliphatic rings. The van der Waals surface area contributed by atoms with Crippen LogP contribution < -0.4 is 0 Å². The van der Waals surface area contributed by atoms with E-state index in [1.54, 1.807) is 5.57 Å². The molecule has 0 aliphatic heterocycles. The predicted octanol–water partition coefficient (Wildman–Crippen LogP) is 13.5. The van der Waals surface area contributed by atoms with Crippen LogP contribution in [-0.4, -0.2) is 12.1 Å². The average Bonchev–Trinajstić information content (AvgIpc) is 3.40. The summed E-state index contributed by atoms with van der Waals surface area (Å²) in [5.74, 6) is 5.28. The monoisotopic (exact) mass is 647 g/mol. The van der Waals surface area contributed by atoms with Gasteiger partial charge in [-0.05, 0) is 130 Å². The lowest BCUT2D eigenvalue weighted by molar-refractivity contribution is -0.151. The highest BCUT2D eigenvalue weighted by atomic mass is 16.5. The molecule has 3 fully saturated rings. The third kappa shape index (κ3) is 10.5. The van der Waals surface area contributed by atoms with Crippen molar-refractivity contribution in [3.63, 3.8) is 0 Å². The Hall–Kier alpha value is -1.57. The van der Waals surface area contributed by atoms with Gasteiger partial charge in [-0.3, -0.25) is 4.79 Å². The van der Waals surface area contributed by atoms with Gasteiger partial charge in [-0.15, -0.1) is 0 Å². The topological polar surface area (TPSA) is 26.3 Å². The SMILES string of the molecule is CCC=CCC=CCC=CCCCCCCCC(=O)O[C@H]1CC[C@@]2(C)C(=CCC3C2CC[C@@]2(C)C3CC[C@@H]2C(C)CCCC(C)C)C1. The number of carbonyl (C=O) groups is 1. The first-order valence-corrected chi connectivity index (χ1v) is 20.5. The van der Waals surface area contributed by atoms with Crippen LogP contribution in [0.4, 0.5) is 0 Å². The second-order valence-electron chi connectivity index (χ2n) is 17.2. The zero-order valence-corrected chi connectivity index (χ0v) is 31.7. The molecule has 4 aliphatic carbocycles. The van der Waals surface area contributed by atoms with Gasteiger partial charge < -0.3 is 4.74 Å². The molecule has 0 saturated heterocycles. The van der Waals surface area contributed by atoms with Gasteiger partial charge in [0.25, 0.3) is 0 Å². The minimum atomic E-state index is 0.0435. The van der Waals surface area contributed by atoms with Gasteiger partial charge in [-0.25, -0.2) is 0 Å². The van der Waals surface area contributed by atoms with Gasteiger partial charge in [0, 0.05) is 12.8 Å². The van der Waals surface area contributed by atoms with E-state index in [1.807, 2.05) is 0 Å². The van der Waals surface area contributed by atoms with Crippen LogP contribution in [0, 0.1) is 46.3 Å². The van der Waals surface area contributed by atoms with Gasteiger partial charge in [-0.2, -0.15) is 0 Å². The maximum absolute atomic E-state index is 12.8. The lowest BCUT2D eigenvalue weighted by Gasteiger charge is -2.58. The standard InChI is InChI=1S/C45H74O2/c1-7-8-9-10-11-12-13-14-15-16-17-18-19-20-21-25-43(46)47-38-30-32-44(5)37(34-38)26-27-39-41-29-28-40(36(4)24-22-23-35(2)3)45(41,6)33-31-42(39)44/h8-9,11-12,14-15,26,35-36,38-42H,7,10,13,16-25,27-34H2,1-6H3/t36?,38-,39?,40+,41?,42?,44-,45+/m0/s1. The molecule has 0 aromatic carbocycles. The van der Waals surface area contributed by atoms with Gasteiger partial charge in [0.15, 0.2) is 0 Å². The Labute approximate surface area is 291 Å². The fraction of sp³-hybridized carbons (Fsp3) is 0.800. The maximum Gasteiger partial charge on any atom is 0.306 e. The van der Waals surface area contributed by atoms with E-state index in [0.29, 0.717) is 17.3 Å². The van der Waals surface area contributed by atoms with Crippen LogP contribution in [-0.2, 0) is 9.53 Å². The molecule has 0 radical (unpaired) electrons. The predicted molar refractivity (Wildman–Crippen MR) is 202 cm³/mol. The Kier molecular flexibility index (Phi) is 15.4. The molecular formula is C45H74O2. The molecule has 0 aromatic heterocycles. The summed E-state index contributed by atoms with van der Waals surface area (Å²) >= 11 is 0. The van der Waals surface area contributed by atoms with E-state index in [4.69, 9.17) is 4.74 Å². The van der Waals surface area contributed by atoms with Gasteiger partial charge in [0.05, 0.1) is 0 Å². The first-order valence-electron chi connectivity index (χ1n) is 20.5. The van der Waals surface area contributed by atoms with Crippen molar-refractivity contribution in [3.8, 4) is 0 Å². The molecule has 2 heteroatoms. The summed E-state index contributed by atoms with van der Waals surface area (Å²) in [7, 11) is 0. The Balaban J connectivity index is 1.13. The largest absolute Gasteiger partial charge is 0.462 e. The lowest BCUT2D eigenvalue weighted by atomic mass is 9.47. The fourth-order valence-electron chi connectivity index (χ4n) is 10.9. The van der Waals surface area contributed by atoms with E-state index in [-0.39, 0.29) is 12.1 Å². The van der Waals surface area contributed by atoms with Crippen LogP contribution >= 0.6 is 0 Å². The van der Waals surface area contributed by atoms with Crippen LogP contribution in [0.25, 0.3) is 0 Å². The van der Waals surface area contributed by atoms with Crippen molar-refractivity contribution < 1.29 is 9.53 Å². The molecule has 4 unspecified atom stereocenters. The van der Waals surface area contributed by atoms with Crippen molar-refractivity contribution >= 4 is 5.97 Å². The Morgan fingerprint density at radius 3 is 2.32 bits per heavy atom. The van der Waals surface area contributed by atoms with E-state index >= 15 is 0 Å². The summed E-state index contributed by atoms with van der Waals surface area (Å²) in [4.78, 5) is 12.8. The third-order valence-corrected chi connectivity index (χ3v) is 13.6. The number of rotatable bonds is 19. The van der Waals surface area contributed by atoms with Gasteiger partial charge in [-0.1, -0.05) is 128 Å². The minimum absolute atomic E-state index is 0.0435. The highest BCUT2D eigenvalue weighted by molar-refractivity contribution is 5.69. The number of hydrogen-bond donors (Lipinski definition) is 0. The Morgan fingerprint density at radius 2 is 1.55 bits per heavy atom. The normalized spacial score (nSPS) is 32.9. The summed E-state index contributed by atoms with van der Waals surface area (Å²) in [6, 6.07) is 0. The molecule has 0 aromatic rings. The van der Waals surface area contributed by atoms with Crippen molar-refractivity contribution in [2.24, 2.45) is 46.3 Å². The van der Waals surface area contributed by atoms with Crippen LogP contribution in [0.3, 0.4) is 0 Å². The highest BCUT2D eigenvalue weighted by Gasteiger charge is 2.59. The van der Waals surface area contributed by atoms with Gasteiger partial charge >= 0.3 is 5.97 Å². The first-order chi connectivity index (χ1) is 22.7. The van der Waals surface area contributed by atoms with Crippen molar-refractivity contribution in [2.75, 3.05) is 0 Å². The fourth-order valence-corrected chi connectivity index (χ4v) is 10.9. The van der Waals surface area contributed by atoms with E-state index in [9.17, 15) is 4.79 Å². The molecule has 2 nitrogen and oxygen atoms in total. The second-order valence-corrected chi connectivity index (χ2v) is 17.2. The van der Waals surface area contributed by atoms with Crippen LogP contribution in [0.15, 0.2) is 48.1 Å². The molecule has 0 bridgehead atoms. The van der Waals surface area contributed by atoms with Gasteiger partial charge in [0.1, 0.15) is 6.10 Å². The summed E-state index contributed by atoms with van der Waals surface area (Å²) in [6.45, 7) is 14.8. The van der Waals surface area contributed by atoms with E-state index in [2.05, 4.69) is 84.1 Å². The Bertz CT molecular complexity index is 1060. The zero-order valence-electron chi connectivity index (χ0n) is 31.7. The van der Waals surface area contributed by atoms with E-state index < -0.39 is 0 Å². The van der Waals surface area contributed by atoms with Gasteiger partial charge in [0.2, 0.25) is 0 Å². The number of allylic oxidation sites excluding steroid dienone is 7. The second kappa shape index (κ2) is 19.0. The summed E-state index contributed by atoms with van der Waals surface area (Å²) < 4.78 is 6.12. The molecule has 4 rings (SSSR count). The molecule has 0 spiro atoms. The summed E-state index contributed by atoms with van der Waals surface area (Å²) in [6.07, 6.45) is 41.7. The van der Waals surface area contributed by atoms with E-state index in [0.717, 1.165) is 80.5 Å². The van der Waals surface area contributed by atoms with E-state index in [1.165, 1.54) is 83.5 Å². The molecule has 8 atom stereocenters. The smallest absolute Gasteiger partial charge is 0.306 e. The zero-order chi connectivity index (χ0) is 33.7. The summed E-state index contributed by atoms with van der Waals surface area (Å²) in [5.41, 5.74) is 2.51. The van der Waals surface area contributed by atoms with Crippen molar-refractivity contribution in [1.29, 1.82) is 0 Å². The quantitative estimate of drug-likeness (QED) is 0.0793. The number of esters is 1. The summed E-state index contributed by atoms with van der Waals surface area (Å²) in [5, 5.41) is 0. The van der Waals surface area contributed by atoms with Crippen molar-refractivity contribution in [3.05, 3.63) is 48.1 Å². The number of ether oxygens (including phenoxy) is 1. The average molecular weight is 647 g/mol. The molecule has 3 saturated carbocycles. The molecule has 266 valence electrons. The number of hydrogen-bond acceptors (Lipinski definition) is 2. The molecular weight excluding hydrogens is 572 g/mol. The van der Waals surface area contributed by atoms with Crippen molar-refractivity contribution in [2.45, 2.75) is 182 Å². The van der Waals surface area contributed by atoms with Crippen LogP contribution in [0.1, 0.15) is 176 Å². The number of fused-ring (bicyclic) bond motifs is 5. The lowest BCUT2D eigenvalue weighted by Crippen LogP contribution is -2.51. The number of carbonyl (C=O) groups excluding carboxylic acids is 1. The Morgan fingerprint density at radius 1 is 0.830 bits per heavy atom. The third-order valence-electron chi connectivity index (χ3n) is 13.6. The highest BCUT2D eigenvalue weighted by Crippen LogP contribution is 2.67. The van der Waals surface area contributed by atoms with Crippen LogP contribution in [0.5, 0.6) is 0 Å². The van der Waals surface area contributed by atoms with Crippen molar-refractivity contribution in [1.82, 2.24) is 0 Å². The minimum Gasteiger partial charge on any atom is -0.462 e. The maximum atomic E-state index is 12.8.